The third kappa shape index (κ3) is 4.58. The number of methoxy groups -OCH3 is 1. The van der Waals surface area contributed by atoms with Gasteiger partial charge in [-0.05, 0) is 37.7 Å². The Morgan fingerprint density at radius 1 is 1.45 bits per heavy atom. The number of nitriles is 1. The lowest BCUT2D eigenvalue weighted by molar-refractivity contribution is -0.139. The second kappa shape index (κ2) is 7.59. The monoisotopic (exact) mass is 324 g/mol. The Morgan fingerprint density at radius 3 is 2.68 bits per heavy atom. The van der Waals surface area contributed by atoms with Crippen molar-refractivity contribution in [2.24, 2.45) is 0 Å². The first-order valence-corrected chi connectivity index (χ1v) is 7.72. The highest BCUT2D eigenvalue weighted by atomic mass is 32.2. The Hall–Kier alpha value is -2.37. The molecule has 0 radical (unpaired) electrons. The van der Waals surface area contributed by atoms with Gasteiger partial charge in [-0.2, -0.15) is 5.26 Å². The van der Waals surface area contributed by atoms with Gasteiger partial charge in [-0.1, -0.05) is 6.07 Å². The van der Waals surface area contributed by atoms with Crippen molar-refractivity contribution < 1.29 is 22.7 Å². The van der Waals surface area contributed by atoms with Crippen molar-refractivity contribution in [1.29, 1.82) is 5.26 Å². The zero-order valence-corrected chi connectivity index (χ0v) is 13.2. The van der Waals surface area contributed by atoms with E-state index >= 15 is 0 Å². The molecule has 7 nitrogen and oxygen atoms in total. The van der Waals surface area contributed by atoms with Gasteiger partial charge in [0, 0.05) is 6.08 Å². The zero-order valence-electron chi connectivity index (χ0n) is 12.4. The molecule has 1 aromatic rings. The third-order valence-corrected chi connectivity index (χ3v) is 4.07. The van der Waals surface area contributed by atoms with Crippen LogP contribution in [0.15, 0.2) is 29.2 Å². The number of sulfonamides is 1. The van der Waals surface area contributed by atoms with Crippen LogP contribution >= 0.6 is 0 Å². The number of benzene rings is 1. The lowest BCUT2D eigenvalue weighted by atomic mass is 10.2. The van der Waals surface area contributed by atoms with E-state index < -0.39 is 22.1 Å². The first kappa shape index (κ1) is 17.7. The van der Waals surface area contributed by atoms with Crippen LogP contribution < -0.4 is 9.46 Å². The lowest BCUT2D eigenvalue weighted by Crippen LogP contribution is -2.19. The summed E-state index contributed by atoms with van der Waals surface area (Å²) < 4.78 is 35.8. The Kier molecular flexibility index (Phi) is 6.10. The highest BCUT2D eigenvalue weighted by Gasteiger charge is 2.17. The van der Waals surface area contributed by atoms with Gasteiger partial charge in [0.25, 0.3) is 0 Å². The fraction of sp³-hybridized carbons (Fsp3) is 0.286. The summed E-state index contributed by atoms with van der Waals surface area (Å²) in [5.74, 6) is -0.505. The number of nitrogens with one attached hydrogen (secondary N) is 1. The summed E-state index contributed by atoms with van der Waals surface area (Å²) >= 11 is 0. The minimum atomic E-state index is -3.69. The second-order valence-electron chi connectivity index (χ2n) is 4.16. The van der Waals surface area contributed by atoms with E-state index in [0.717, 1.165) is 6.08 Å². The molecule has 0 aromatic heterocycles. The van der Waals surface area contributed by atoms with Crippen LogP contribution in [0.5, 0.6) is 5.75 Å². The van der Waals surface area contributed by atoms with E-state index in [1.807, 2.05) is 0 Å². The number of rotatable bonds is 6. The van der Waals surface area contributed by atoms with Crippen molar-refractivity contribution in [2.45, 2.75) is 17.9 Å². The standard InChI is InChI=1S/C14H16N2O5S/c1-10(9-15)21-14(17)7-5-11-4-6-12(20-3)13(8-11)22(18,19)16-2/h4-8,10,16H,1-3H3/b7-5+/t10-/m0/s1. The predicted molar refractivity (Wildman–Crippen MR) is 79.4 cm³/mol. The molecule has 0 aliphatic heterocycles. The number of hydrogen-bond donors (Lipinski definition) is 1. The summed E-state index contributed by atoms with van der Waals surface area (Å²) in [6.07, 6.45) is 1.65. The molecule has 1 atom stereocenters. The maximum absolute atomic E-state index is 11.9. The molecular weight excluding hydrogens is 308 g/mol. The Bertz CT molecular complexity index is 719. The molecule has 118 valence electrons. The van der Waals surface area contributed by atoms with E-state index in [9.17, 15) is 13.2 Å². The predicted octanol–water partition coefficient (Wildman–Crippen LogP) is 1.07. The van der Waals surface area contributed by atoms with Gasteiger partial charge >= 0.3 is 5.97 Å². The van der Waals surface area contributed by atoms with Crippen molar-refractivity contribution in [1.82, 2.24) is 4.72 Å². The Morgan fingerprint density at radius 2 is 2.14 bits per heavy atom. The van der Waals surface area contributed by atoms with E-state index in [-0.39, 0.29) is 10.6 Å². The summed E-state index contributed by atoms with van der Waals surface area (Å²) in [7, 11) is -1.04. The van der Waals surface area contributed by atoms with E-state index in [0.29, 0.717) is 5.56 Å². The van der Waals surface area contributed by atoms with Crippen LogP contribution in [0.3, 0.4) is 0 Å². The van der Waals surface area contributed by atoms with Gasteiger partial charge in [-0.15, -0.1) is 0 Å². The first-order chi connectivity index (χ1) is 10.3. The van der Waals surface area contributed by atoms with Gasteiger partial charge in [0.05, 0.1) is 7.11 Å². The maximum Gasteiger partial charge on any atom is 0.332 e. The second-order valence-corrected chi connectivity index (χ2v) is 6.01. The molecule has 1 rings (SSSR count). The molecule has 0 spiro atoms. The van der Waals surface area contributed by atoms with Crippen molar-refractivity contribution in [3.05, 3.63) is 29.8 Å². The molecule has 1 aromatic carbocycles. The Balaban J connectivity index is 3.06. The minimum absolute atomic E-state index is 0.0431. The van der Waals surface area contributed by atoms with E-state index in [1.54, 1.807) is 12.1 Å². The summed E-state index contributed by atoms with van der Waals surface area (Å²) in [6, 6.07) is 6.20. The summed E-state index contributed by atoms with van der Waals surface area (Å²) in [5, 5.41) is 8.54. The van der Waals surface area contributed by atoms with Gasteiger partial charge in [0.1, 0.15) is 16.7 Å². The molecule has 0 saturated heterocycles. The Labute approximate surface area is 129 Å². The van der Waals surface area contributed by atoms with Crippen LogP contribution in [-0.4, -0.2) is 34.6 Å². The molecule has 0 saturated carbocycles. The smallest absolute Gasteiger partial charge is 0.332 e. The summed E-state index contributed by atoms with van der Waals surface area (Å²) in [4.78, 5) is 11.4. The number of nitrogens with zero attached hydrogens (tertiary/aromatic N) is 1. The molecule has 0 unspecified atom stereocenters. The molecule has 0 heterocycles. The minimum Gasteiger partial charge on any atom is -0.495 e. The number of carbonyl (C=O) groups is 1. The first-order valence-electron chi connectivity index (χ1n) is 6.24. The van der Waals surface area contributed by atoms with Gasteiger partial charge < -0.3 is 9.47 Å². The molecule has 0 aliphatic carbocycles. The molecule has 0 aliphatic rings. The van der Waals surface area contributed by atoms with Crippen molar-refractivity contribution in [3.63, 3.8) is 0 Å². The number of hydrogen-bond acceptors (Lipinski definition) is 6. The highest BCUT2D eigenvalue weighted by molar-refractivity contribution is 7.89. The average molecular weight is 324 g/mol. The van der Waals surface area contributed by atoms with Crippen molar-refractivity contribution in [3.8, 4) is 11.8 Å². The fourth-order valence-corrected chi connectivity index (χ4v) is 2.45. The molecular formula is C14H16N2O5S. The quantitative estimate of drug-likeness (QED) is 0.620. The zero-order chi connectivity index (χ0) is 16.8. The SMILES string of the molecule is CNS(=O)(=O)c1cc(/C=C/C(=O)O[C@@H](C)C#N)ccc1OC. The molecule has 8 heteroatoms. The van der Waals surface area contributed by atoms with Crippen LogP contribution in [0.2, 0.25) is 0 Å². The summed E-state index contributed by atoms with van der Waals surface area (Å²) in [6.45, 7) is 1.44. The topological polar surface area (TPSA) is 105 Å². The van der Waals surface area contributed by atoms with Crippen LogP contribution in [0.4, 0.5) is 0 Å². The van der Waals surface area contributed by atoms with Crippen molar-refractivity contribution >= 4 is 22.1 Å². The highest BCUT2D eigenvalue weighted by Crippen LogP contribution is 2.25. The lowest BCUT2D eigenvalue weighted by Gasteiger charge is -2.09. The van der Waals surface area contributed by atoms with E-state index in [4.69, 9.17) is 14.7 Å². The summed E-state index contributed by atoms with van der Waals surface area (Å²) in [5.41, 5.74) is 0.469. The van der Waals surface area contributed by atoms with Crippen LogP contribution in [0, 0.1) is 11.3 Å². The van der Waals surface area contributed by atoms with Gasteiger partial charge in [0.2, 0.25) is 10.0 Å². The normalized spacial score (nSPS) is 12.6. The number of esters is 1. The van der Waals surface area contributed by atoms with E-state index in [1.165, 1.54) is 39.3 Å². The molecule has 0 fully saturated rings. The van der Waals surface area contributed by atoms with Gasteiger partial charge in [-0.25, -0.2) is 17.9 Å². The van der Waals surface area contributed by atoms with Crippen molar-refractivity contribution in [2.75, 3.05) is 14.2 Å². The van der Waals surface area contributed by atoms with Gasteiger partial charge in [-0.3, -0.25) is 0 Å². The molecule has 1 N–H and O–H groups in total. The average Bonchev–Trinajstić information content (AvgIpc) is 2.52. The fourth-order valence-electron chi connectivity index (χ4n) is 1.52. The number of ether oxygens (including phenoxy) is 2. The number of carbonyl (C=O) groups excluding carboxylic acids is 1. The van der Waals surface area contributed by atoms with Crippen LogP contribution in [0.1, 0.15) is 12.5 Å². The van der Waals surface area contributed by atoms with E-state index in [2.05, 4.69) is 4.72 Å². The maximum atomic E-state index is 11.9. The molecule has 0 amide bonds. The van der Waals surface area contributed by atoms with Crippen LogP contribution in [-0.2, 0) is 19.6 Å². The molecule has 0 bridgehead atoms. The third-order valence-electron chi connectivity index (χ3n) is 2.63. The largest absolute Gasteiger partial charge is 0.495 e. The van der Waals surface area contributed by atoms with Gasteiger partial charge in [0.15, 0.2) is 6.10 Å². The van der Waals surface area contributed by atoms with Crippen LogP contribution in [0.25, 0.3) is 6.08 Å². The molecule has 22 heavy (non-hydrogen) atoms.